The second kappa shape index (κ2) is 7.82. The Balaban J connectivity index is 2.02. The number of nitrogens with two attached hydrogens (primary N) is 1. The molecule has 3 rings (SSSR count). The van der Waals surface area contributed by atoms with E-state index >= 15 is 0 Å². The molecule has 2 aliphatic rings. The third-order valence-electron chi connectivity index (χ3n) is 4.61. The van der Waals surface area contributed by atoms with E-state index in [-0.39, 0.29) is 29.5 Å². The summed E-state index contributed by atoms with van der Waals surface area (Å²) in [5, 5.41) is 20.3. The van der Waals surface area contributed by atoms with E-state index in [1.807, 2.05) is 0 Å². The van der Waals surface area contributed by atoms with Gasteiger partial charge in [-0.2, -0.15) is 10.4 Å². The smallest absolute Gasteiger partial charge is 0.341 e. The van der Waals surface area contributed by atoms with E-state index in [1.54, 1.807) is 25.1 Å². The van der Waals surface area contributed by atoms with Gasteiger partial charge in [0.15, 0.2) is 11.6 Å². The van der Waals surface area contributed by atoms with Crippen molar-refractivity contribution in [1.82, 2.24) is 0 Å². The normalized spacial score (nSPS) is 18.6. The molecular weight excluding hydrogens is 382 g/mol. The van der Waals surface area contributed by atoms with Crippen LogP contribution in [0.3, 0.4) is 0 Å². The van der Waals surface area contributed by atoms with E-state index in [0.29, 0.717) is 16.5 Å². The fraction of sp³-hybridized carbons (Fsp3) is 0.316. The molecule has 0 bridgehead atoms. The number of anilines is 1. The van der Waals surface area contributed by atoms with Crippen molar-refractivity contribution in [3.8, 4) is 6.07 Å². The third-order valence-corrected chi connectivity index (χ3v) is 4.92. The maximum absolute atomic E-state index is 12.9. The third kappa shape index (κ3) is 3.75. The maximum Gasteiger partial charge on any atom is 0.341 e. The fourth-order valence-corrected chi connectivity index (χ4v) is 3.33. The van der Waals surface area contributed by atoms with Crippen molar-refractivity contribution >= 4 is 40.6 Å². The molecule has 9 heteroatoms. The Kier molecular flexibility index (Phi) is 5.47. The molecule has 0 spiro atoms. The molecule has 0 saturated heterocycles. The van der Waals surface area contributed by atoms with Crippen LogP contribution in [0.5, 0.6) is 0 Å². The number of carbonyl (C=O) groups excluding carboxylic acids is 2. The predicted octanol–water partition coefficient (Wildman–Crippen LogP) is 2.75. The SMILES string of the molecule is CCOC(=O)C1=CC(C2CC2)c2cc(Cl)c(N/N=C(\C#N)C(=N)N)cc2C1=O. The molecule has 0 heterocycles. The lowest BCUT2D eigenvalue weighted by atomic mass is 9.80. The van der Waals surface area contributed by atoms with Crippen LogP contribution in [0.4, 0.5) is 5.69 Å². The summed E-state index contributed by atoms with van der Waals surface area (Å²) in [5.74, 6) is -1.32. The number of amidine groups is 1. The van der Waals surface area contributed by atoms with Gasteiger partial charge in [-0.05, 0) is 43.4 Å². The molecule has 1 unspecified atom stereocenters. The Morgan fingerprint density at radius 1 is 1.50 bits per heavy atom. The number of hydrazone groups is 1. The molecule has 1 aromatic carbocycles. The molecule has 0 aliphatic heterocycles. The van der Waals surface area contributed by atoms with Gasteiger partial charge in [-0.15, -0.1) is 0 Å². The zero-order valence-corrected chi connectivity index (χ0v) is 15.8. The van der Waals surface area contributed by atoms with Crippen molar-refractivity contribution < 1.29 is 14.3 Å². The van der Waals surface area contributed by atoms with E-state index in [0.717, 1.165) is 18.4 Å². The van der Waals surface area contributed by atoms with E-state index in [2.05, 4.69) is 10.5 Å². The first-order valence-electron chi connectivity index (χ1n) is 8.72. The van der Waals surface area contributed by atoms with Crippen LogP contribution in [0.2, 0.25) is 5.02 Å². The average molecular weight is 400 g/mol. The van der Waals surface area contributed by atoms with Gasteiger partial charge >= 0.3 is 5.97 Å². The molecule has 0 radical (unpaired) electrons. The summed E-state index contributed by atoms with van der Waals surface area (Å²) in [6.07, 6.45) is 3.71. The number of fused-ring (bicyclic) bond motifs is 1. The minimum Gasteiger partial charge on any atom is -0.462 e. The number of carbonyl (C=O) groups is 2. The number of halogens is 1. The molecule has 1 saturated carbocycles. The van der Waals surface area contributed by atoms with Crippen LogP contribution < -0.4 is 11.2 Å². The summed E-state index contributed by atoms with van der Waals surface area (Å²) in [6, 6.07) is 4.86. The number of benzene rings is 1. The molecule has 28 heavy (non-hydrogen) atoms. The molecule has 1 atom stereocenters. The average Bonchev–Trinajstić information content (AvgIpc) is 3.48. The van der Waals surface area contributed by atoms with Gasteiger partial charge in [-0.1, -0.05) is 17.7 Å². The first-order valence-corrected chi connectivity index (χ1v) is 9.10. The molecule has 1 fully saturated rings. The number of allylic oxidation sites excluding steroid dienone is 1. The molecule has 4 N–H and O–H groups in total. The Morgan fingerprint density at radius 3 is 2.79 bits per heavy atom. The number of nitrogens with one attached hydrogen (secondary N) is 2. The molecular formula is C19H18ClN5O3. The first-order chi connectivity index (χ1) is 13.4. The van der Waals surface area contributed by atoms with Crippen LogP contribution in [-0.4, -0.2) is 29.9 Å². The van der Waals surface area contributed by atoms with E-state index < -0.39 is 17.6 Å². The van der Waals surface area contributed by atoms with Crippen molar-refractivity contribution in [1.29, 1.82) is 10.7 Å². The van der Waals surface area contributed by atoms with Gasteiger partial charge in [-0.3, -0.25) is 15.6 Å². The van der Waals surface area contributed by atoms with E-state index in [4.69, 9.17) is 32.7 Å². The number of esters is 1. The number of hydrogen-bond donors (Lipinski definition) is 3. The largest absolute Gasteiger partial charge is 0.462 e. The monoisotopic (exact) mass is 399 g/mol. The van der Waals surface area contributed by atoms with Crippen molar-refractivity contribution in [3.63, 3.8) is 0 Å². The summed E-state index contributed by atoms with van der Waals surface area (Å²) in [6.45, 7) is 1.86. The van der Waals surface area contributed by atoms with Gasteiger partial charge in [-0.25, -0.2) is 4.79 Å². The standard InChI is InChI=1S/C19H18ClN5O3/c1-2-28-19(27)13-5-10(9-3-4-9)11-6-14(20)15(7-12(11)17(13)26)24-25-16(8-21)18(22)23/h5-7,9-10,24H,2-4H2,1H3,(H3,22,23)/b25-16+. The summed E-state index contributed by atoms with van der Waals surface area (Å²) in [7, 11) is 0. The lowest BCUT2D eigenvalue weighted by molar-refractivity contribution is -0.138. The van der Waals surface area contributed by atoms with Gasteiger partial charge in [0.05, 0.1) is 17.3 Å². The van der Waals surface area contributed by atoms with Crippen molar-refractivity contribution in [3.05, 3.63) is 39.9 Å². The van der Waals surface area contributed by atoms with Crippen molar-refractivity contribution in [2.45, 2.75) is 25.7 Å². The quantitative estimate of drug-likeness (QED) is 0.221. The lowest BCUT2D eigenvalue weighted by Crippen LogP contribution is -2.24. The zero-order valence-electron chi connectivity index (χ0n) is 15.1. The van der Waals surface area contributed by atoms with Crippen LogP contribution in [0.1, 0.15) is 41.6 Å². The van der Waals surface area contributed by atoms with Gasteiger partial charge in [0, 0.05) is 11.5 Å². The second-order valence-corrected chi connectivity index (χ2v) is 6.92. The van der Waals surface area contributed by atoms with Gasteiger partial charge in [0.25, 0.3) is 0 Å². The molecule has 144 valence electrons. The van der Waals surface area contributed by atoms with Gasteiger partial charge in [0.1, 0.15) is 11.6 Å². The minimum atomic E-state index is -0.644. The predicted molar refractivity (Wildman–Crippen MR) is 105 cm³/mol. The first kappa shape index (κ1) is 19.6. The Hall–Kier alpha value is -3.18. The number of rotatable bonds is 6. The van der Waals surface area contributed by atoms with Crippen LogP contribution in [0.15, 0.2) is 28.9 Å². The minimum absolute atomic E-state index is 0.0180. The van der Waals surface area contributed by atoms with E-state index in [1.165, 1.54) is 6.07 Å². The summed E-state index contributed by atoms with van der Waals surface area (Å²) >= 11 is 6.33. The number of Topliss-reactive ketones (excluding diaryl/α,β-unsaturated/α-hetero) is 1. The van der Waals surface area contributed by atoms with Gasteiger partial charge < -0.3 is 10.5 Å². The lowest BCUT2D eigenvalue weighted by Gasteiger charge is -2.24. The molecule has 0 aromatic heterocycles. The van der Waals surface area contributed by atoms with Crippen molar-refractivity contribution in [2.24, 2.45) is 16.8 Å². The summed E-state index contributed by atoms with van der Waals surface area (Å²) in [5.41, 5.74) is 8.90. The number of ketones is 1. The molecule has 8 nitrogen and oxygen atoms in total. The molecule has 1 aromatic rings. The summed E-state index contributed by atoms with van der Waals surface area (Å²) in [4.78, 5) is 25.1. The second-order valence-electron chi connectivity index (χ2n) is 6.51. The van der Waals surface area contributed by atoms with Crippen molar-refractivity contribution in [2.75, 3.05) is 12.0 Å². The van der Waals surface area contributed by atoms with Crippen LogP contribution in [0.25, 0.3) is 0 Å². The van der Waals surface area contributed by atoms with Crippen LogP contribution in [0, 0.1) is 22.7 Å². The Morgan fingerprint density at radius 2 is 2.21 bits per heavy atom. The molecule has 2 aliphatic carbocycles. The molecule has 0 amide bonds. The highest BCUT2D eigenvalue weighted by Gasteiger charge is 2.39. The highest BCUT2D eigenvalue weighted by atomic mass is 35.5. The maximum atomic E-state index is 12.9. The van der Waals surface area contributed by atoms with E-state index in [9.17, 15) is 9.59 Å². The number of ether oxygens (including phenoxy) is 1. The Bertz CT molecular complexity index is 973. The Labute approximate surface area is 166 Å². The van der Waals surface area contributed by atoms with Crippen LogP contribution in [-0.2, 0) is 9.53 Å². The van der Waals surface area contributed by atoms with Gasteiger partial charge in [0.2, 0.25) is 5.71 Å². The fourth-order valence-electron chi connectivity index (χ4n) is 3.11. The summed E-state index contributed by atoms with van der Waals surface area (Å²) < 4.78 is 5.02. The highest BCUT2D eigenvalue weighted by molar-refractivity contribution is 6.46. The number of nitrogens with zero attached hydrogens (tertiary/aromatic N) is 2. The number of hydrogen-bond acceptors (Lipinski definition) is 7. The number of nitriles is 1. The van der Waals surface area contributed by atoms with Crippen LogP contribution >= 0.6 is 11.6 Å². The highest BCUT2D eigenvalue weighted by Crippen LogP contribution is 2.48. The zero-order chi connectivity index (χ0) is 20.4. The topological polar surface area (TPSA) is 141 Å².